The molecule has 8 nitrogen and oxygen atoms in total. The Bertz CT molecular complexity index is 1370. The number of methoxy groups -OCH3 is 1. The Morgan fingerprint density at radius 3 is 2.53 bits per heavy atom. The zero-order valence-electron chi connectivity index (χ0n) is 18.7. The van der Waals surface area contributed by atoms with E-state index in [9.17, 15) is 13.2 Å². The van der Waals surface area contributed by atoms with Gasteiger partial charge in [-0.15, -0.1) is 0 Å². The number of anilines is 2. The van der Waals surface area contributed by atoms with Crippen molar-refractivity contribution in [2.24, 2.45) is 0 Å². The molecule has 0 atom stereocenters. The predicted molar refractivity (Wildman–Crippen MR) is 135 cm³/mol. The highest BCUT2D eigenvalue weighted by molar-refractivity contribution is 7.99. The van der Waals surface area contributed by atoms with Gasteiger partial charge in [0.05, 0.1) is 40.2 Å². The van der Waals surface area contributed by atoms with Crippen LogP contribution in [0, 0.1) is 0 Å². The Hall–Kier alpha value is -3.50. The molecular formula is C24H24N4O4S2. The summed E-state index contributed by atoms with van der Waals surface area (Å²) in [6, 6.07) is 20.9. The fourth-order valence-electron chi connectivity index (χ4n) is 3.48. The van der Waals surface area contributed by atoms with Crippen LogP contribution in [0.25, 0.3) is 11.0 Å². The van der Waals surface area contributed by atoms with Gasteiger partial charge < -0.3 is 15.0 Å². The van der Waals surface area contributed by atoms with Gasteiger partial charge in [-0.3, -0.25) is 9.10 Å². The molecule has 0 radical (unpaired) electrons. The molecule has 0 fully saturated rings. The van der Waals surface area contributed by atoms with Crippen LogP contribution in [-0.2, 0) is 14.8 Å². The molecule has 1 heterocycles. The lowest BCUT2D eigenvalue weighted by Gasteiger charge is -2.23. The number of imidazole rings is 1. The molecule has 4 aromatic rings. The molecule has 176 valence electrons. The van der Waals surface area contributed by atoms with Gasteiger partial charge in [-0.2, -0.15) is 0 Å². The van der Waals surface area contributed by atoms with E-state index in [1.807, 2.05) is 30.3 Å². The van der Waals surface area contributed by atoms with Gasteiger partial charge in [0.1, 0.15) is 5.75 Å². The fraction of sp³-hybridized carbons (Fsp3) is 0.167. The molecule has 34 heavy (non-hydrogen) atoms. The molecule has 2 N–H and O–H groups in total. The number of H-pyrrole nitrogens is 1. The normalized spacial score (nSPS) is 11.4. The van der Waals surface area contributed by atoms with E-state index in [0.717, 1.165) is 11.0 Å². The number of thioether (sulfide) groups is 1. The molecule has 0 aliphatic heterocycles. The van der Waals surface area contributed by atoms with Crippen LogP contribution < -0.4 is 14.4 Å². The Balaban J connectivity index is 1.53. The van der Waals surface area contributed by atoms with Gasteiger partial charge in [0.2, 0.25) is 5.91 Å². The van der Waals surface area contributed by atoms with Crippen LogP contribution in [0.1, 0.15) is 6.92 Å². The third-order valence-electron chi connectivity index (χ3n) is 5.07. The van der Waals surface area contributed by atoms with E-state index in [1.54, 1.807) is 31.2 Å². The number of fused-ring (bicyclic) bond motifs is 1. The van der Waals surface area contributed by atoms with Gasteiger partial charge in [0.25, 0.3) is 10.0 Å². The van der Waals surface area contributed by atoms with Crippen LogP contribution in [0.4, 0.5) is 11.4 Å². The molecule has 3 aromatic carbocycles. The summed E-state index contributed by atoms with van der Waals surface area (Å²) in [5, 5.41) is 3.39. The lowest BCUT2D eigenvalue weighted by Crippen LogP contribution is -2.30. The zero-order chi connectivity index (χ0) is 24.1. The summed E-state index contributed by atoms with van der Waals surface area (Å²) in [7, 11) is -2.39. The van der Waals surface area contributed by atoms with Gasteiger partial charge in [0.15, 0.2) is 5.16 Å². The van der Waals surface area contributed by atoms with Crippen molar-refractivity contribution in [2.45, 2.75) is 17.0 Å². The second-order valence-electron chi connectivity index (χ2n) is 7.26. The van der Waals surface area contributed by atoms with Crippen molar-refractivity contribution in [3.63, 3.8) is 0 Å². The Morgan fingerprint density at radius 2 is 1.82 bits per heavy atom. The number of hydrogen-bond acceptors (Lipinski definition) is 6. The van der Waals surface area contributed by atoms with E-state index in [0.29, 0.717) is 16.6 Å². The first-order chi connectivity index (χ1) is 16.4. The molecule has 1 aromatic heterocycles. The van der Waals surface area contributed by atoms with Gasteiger partial charge in [-0.1, -0.05) is 42.1 Å². The van der Waals surface area contributed by atoms with Gasteiger partial charge in [-0.05, 0) is 49.4 Å². The summed E-state index contributed by atoms with van der Waals surface area (Å²) in [5.41, 5.74) is 2.56. The van der Waals surface area contributed by atoms with Crippen LogP contribution >= 0.6 is 11.8 Å². The summed E-state index contributed by atoms with van der Waals surface area (Å²) in [6.07, 6.45) is 0. The molecule has 0 saturated carbocycles. The van der Waals surface area contributed by atoms with Crippen LogP contribution in [0.3, 0.4) is 0 Å². The second kappa shape index (κ2) is 10.2. The highest BCUT2D eigenvalue weighted by atomic mass is 32.2. The summed E-state index contributed by atoms with van der Waals surface area (Å²) in [6.45, 7) is 2.03. The van der Waals surface area contributed by atoms with Crippen LogP contribution in [0.5, 0.6) is 5.75 Å². The number of carbonyl (C=O) groups excluding carboxylic acids is 1. The molecule has 0 aliphatic carbocycles. The van der Waals surface area contributed by atoms with Gasteiger partial charge in [0, 0.05) is 6.54 Å². The Morgan fingerprint density at radius 1 is 1.09 bits per heavy atom. The molecule has 4 rings (SSSR count). The molecule has 0 saturated heterocycles. The Labute approximate surface area is 202 Å². The average Bonchev–Trinajstić information content (AvgIpc) is 3.27. The zero-order valence-corrected chi connectivity index (χ0v) is 20.3. The molecule has 0 bridgehead atoms. The first-order valence-corrected chi connectivity index (χ1v) is 13.0. The SMILES string of the molecule is CCN(c1ccccc1)S(=O)(=O)c1ccc(OC)c(NC(=O)CSc2nc3ccccc3[nH]2)c1. The first kappa shape index (κ1) is 23.7. The minimum atomic E-state index is -3.85. The van der Waals surface area contributed by atoms with Crippen LogP contribution in [0.15, 0.2) is 82.8 Å². The number of para-hydroxylation sites is 3. The number of carbonyl (C=O) groups is 1. The number of sulfonamides is 1. The fourth-order valence-corrected chi connectivity index (χ4v) is 5.66. The average molecular weight is 497 g/mol. The van der Waals surface area contributed by atoms with Crippen LogP contribution in [-0.4, -0.2) is 43.7 Å². The lowest BCUT2D eigenvalue weighted by molar-refractivity contribution is -0.113. The highest BCUT2D eigenvalue weighted by Gasteiger charge is 2.25. The minimum Gasteiger partial charge on any atom is -0.495 e. The number of nitrogens with zero attached hydrogens (tertiary/aromatic N) is 2. The number of aromatic amines is 1. The van der Waals surface area contributed by atoms with Crippen LogP contribution in [0.2, 0.25) is 0 Å². The number of benzene rings is 3. The number of rotatable bonds is 9. The van der Waals surface area contributed by atoms with Crippen molar-refractivity contribution in [3.8, 4) is 5.75 Å². The van der Waals surface area contributed by atoms with E-state index in [1.165, 1.54) is 41.4 Å². The van der Waals surface area contributed by atoms with Crippen molar-refractivity contribution in [2.75, 3.05) is 29.0 Å². The molecule has 0 unspecified atom stereocenters. The summed E-state index contributed by atoms with van der Waals surface area (Å²) in [4.78, 5) is 20.3. The standard InChI is InChI=1S/C24H24N4O4S2/c1-3-28(17-9-5-4-6-10-17)34(30,31)18-13-14-22(32-2)21(15-18)25-23(29)16-33-24-26-19-11-7-8-12-20(19)27-24/h4-15H,3,16H2,1-2H3,(H,25,29)(H,26,27). The topological polar surface area (TPSA) is 104 Å². The van der Waals surface area contributed by atoms with E-state index >= 15 is 0 Å². The quantitative estimate of drug-likeness (QED) is 0.330. The largest absolute Gasteiger partial charge is 0.495 e. The third-order valence-corrected chi connectivity index (χ3v) is 7.84. The van der Waals surface area contributed by atoms with E-state index in [-0.39, 0.29) is 28.8 Å². The Kier molecular flexibility index (Phi) is 7.09. The number of amides is 1. The number of hydrogen-bond donors (Lipinski definition) is 2. The molecular weight excluding hydrogens is 472 g/mol. The number of aromatic nitrogens is 2. The second-order valence-corrected chi connectivity index (χ2v) is 10.1. The van der Waals surface area contributed by atoms with Crippen molar-refractivity contribution in [3.05, 3.63) is 72.8 Å². The summed E-state index contributed by atoms with van der Waals surface area (Å²) < 4.78 is 33.4. The third kappa shape index (κ3) is 5.02. The maximum Gasteiger partial charge on any atom is 0.264 e. The highest BCUT2D eigenvalue weighted by Crippen LogP contribution is 2.31. The summed E-state index contributed by atoms with van der Waals surface area (Å²) in [5.74, 6) is 0.142. The first-order valence-electron chi connectivity index (χ1n) is 10.6. The van der Waals surface area contributed by atoms with E-state index in [4.69, 9.17) is 4.74 Å². The maximum atomic E-state index is 13.4. The van der Waals surface area contributed by atoms with Gasteiger partial charge in [-0.25, -0.2) is 13.4 Å². The van der Waals surface area contributed by atoms with E-state index < -0.39 is 10.0 Å². The van der Waals surface area contributed by atoms with E-state index in [2.05, 4.69) is 15.3 Å². The van der Waals surface area contributed by atoms with Crippen molar-refractivity contribution < 1.29 is 17.9 Å². The van der Waals surface area contributed by atoms with Crippen molar-refractivity contribution >= 4 is 50.1 Å². The van der Waals surface area contributed by atoms with Gasteiger partial charge >= 0.3 is 0 Å². The molecule has 0 spiro atoms. The smallest absolute Gasteiger partial charge is 0.264 e. The number of nitrogens with one attached hydrogen (secondary N) is 2. The van der Waals surface area contributed by atoms with Crippen molar-refractivity contribution in [1.29, 1.82) is 0 Å². The van der Waals surface area contributed by atoms with Crippen molar-refractivity contribution in [1.82, 2.24) is 9.97 Å². The summed E-state index contributed by atoms with van der Waals surface area (Å²) >= 11 is 1.26. The predicted octanol–water partition coefficient (Wildman–Crippen LogP) is 4.52. The minimum absolute atomic E-state index is 0.0549. The number of ether oxygens (including phenoxy) is 1. The maximum absolute atomic E-state index is 13.4. The molecule has 10 heteroatoms. The lowest BCUT2D eigenvalue weighted by atomic mass is 10.3. The molecule has 0 aliphatic rings. The molecule has 1 amide bonds. The monoisotopic (exact) mass is 496 g/mol.